The molecule has 1 aromatic carbocycles. The fraction of sp³-hybridized carbons (Fsp3) is 0.625. The minimum Gasteiger partial charge on any atom is -0.324 e. The molecule has 1 unspecified atom stereocenters. The Bertz CT molecular complexity index is 386. The fourth-order valence-electron chi connectivity index (χ4n) is 2.87. The Kier molecular flexibility index (Phi) is 5.68. The zero-order valence-electron chi connectivity index (χ0n) is 11.8. The lowest BCUT2D eigenvalue weighted by Crippen LogP contribution is -2.35. The first-order chi connectivity index (χ1) is 9.20. The van der Waals surface area contributed by atoms with E-state index in [9.17, 15) is 0 Å². The lowest BCUT2D eigenvalue weighted by molar-refractivity contribution is 0.177. The quantitative estimate of drug-likeness (QED) is 0.888. The van der Waals surface area contributed by atoms with E-state index in [-0.39, 0.29) is 6.04 Å². The van der Waals surface area contributed by atoms with Crippen molar-refractivity contribution in [2.45, 2.75) is 38.6 Å². The first-order valence-electron chi connectivity index (χ1n) is 7.43. The zero-order chi connectivity index (χ0) is 13.7. The second-order valence-corrected chi connectivity index (χ2v) is 6.02. The summed E-state index contributed by atoms with van der Waals surface area (Å²) in [6.07, 6.45) is 5.00. The first-order valence-corrected chi connectivity index (χ1v) is 7.81. The van der Waals surface area contributed by atoms with Crippen LogP contribution in [0, 0.1) is 5.92 Å². The van der Waals surface area contributed by atoms with Crippen LogP contribution in [-0.2, 0) is 0 Å². The standard InChI is InChI=1S/C16H25ClN2/c1-2-13-7-10-19(11-8-13)12-9-16(18)14-5-3-4-6-15(14)17/h3-6,13,16H,2,7-12,18H2,1H3. The molecule has 1 saturated heterocycles. The smallest absolute Gasteiger partial charge is 0.0453 e. The predicted octanol–water partition coefficient (Wildman–Crippen LogP) is 3.85. The molecule has 1 aliphatic rings. The fourth-order valence-corrected chi connectivity index (χ4v) is 3.15. The van der Waals surface area contributed by atoms with Crippen molar-refractivity contribution in [3.63, 3.8) is 0 Å². The number of nitrogens with two attached hydrogens (primary N) is 1. The summed E-state index contributed by atoms with van der Waals surface area (Å²) in [6, 6.07) is 7.97. The second kappa shape index (κ2) is 7.28. The Balaban J connectivity index is 1.78. The molecule has 0 bridgehead atoms. The maximum atomic E-state index is 6.26. The van der Waals surface area contributed by atoms with Crippen molar-refractivity contribution >= 4 is 11.6 Å². The summed E-state index contributed by atoms with van der Waals surface area (Å²) in [7, 11) is 0. The van der Waals surface area contributed by atoms with Crippen molar-refractivity contribution in [3.8, 4) is 0 Å². The van der Waals surface area contributed by atoms with Crippen LogP contribution >= 0.6 is 11.6 Å². The number of rotatable bonds is 5. The topological polar surface area (TPSA) is 29.3 Å². The van der Waals surface area contributed by atoms with Crippen molar-refractivity contribution < 1.29 is 0 Å². The predicted molar refractivity (Wildman–Crippen MR) is 82.5 cm³/mol. The second-order valence-electron chi connectivity index (χ2n) is 5.61. The van der Waals surface area contributed by atoms with Gasteiger partial charge in [-0.15, -0.1) is 0 Å². The maximum absolute atomic E-state index is 6.26. The van der Waals surface area contributed by atoms with Crippen molar-refractivity contribution in [3.05, 3.63) is 34.9 Å². The van der Waals surface area contributed by atoms with Crippen LogP contribution in [0.25, 0.3) is 0 Å². The van der Waals surface area contributed by atoms with Crippen LogP contribution in [-0.4, -0.2) is 24.5 Å². The molecule has 1 aliphatic heterocycles. The SMILES string of the molecule is CCC1CCN(CCC(N)c2ccccc2Cl)CC1. The minimum atomic E-state index is 0.0533. The summed E-state index contributed by atoms with van der Waals surface area (Å²) in [5.41, 5.74) is 7.33. The van der Waals surface area contributed by atoms with Crippen LogP contribution in [0.3, 0.4) is 0 Å². The van der Waals surface area contributed by atoms with Gasteiger partial charge in [0.15, 0.2) is 0 Å². The number of benzene rings is 1. The molecule has 1 atom stereocenters. The third kappa shape index (κ3) is 4.20. The van der Waals surface area contributed by atoms with Crippen LogP contribution in [0.2, 0.25) is 5.02 Å². The highest BCUT2D eigenvalue weighted by Crippen LogP contribution is 2.25. The van der Waals surface area contributed by atoms with E-state index in [0.717, 1.165) is 29.5 Å². The Morgan fingerprint density at radius 3 is 2.63 bits per heavy atom. The third-order valence-corrected chi connectivity index (χ3v) is 4.69. The Morgan fingerprint density at radius 1 is 1.32 bits per heavy atom. The Morgan fingerprint density at radius 2 is 2.00 bits per heavy atom. The molecule has 0 spiro atoms. The molecular formula is C16H25ClN2. The molecule has 3 heteroatoms. The van der Waals surface area contributed by atoms with Gasteiger partial charge >= 0.3 is 0 Å². The highest BCUT2D eigenvalue weighted by Gasteiger charge is 2.18. The molecule has 1 aromatic rings. The lowest BCUT2D eigenvalue weighted by atomic mass is 9.94. The van der Waals surface area contributed by atoms with Gasteiger partial charge in [-0.25, -0.2) is 0 Å². The highest BCUT2D eigenvalue weighted by atomic mass is 35.5. The van der Waals surface area contributed by atoms with Gasteiger partial charge in [0.2, 0.25) is 0 Å². The van der Waals surface area contributed by atoms with E-state index in [4.69, 9.17) is 17.3 Å². The molecule has 0 aliphatic carbocycles. The zero-order valence-corrected chi connectivity index (χ0v) is 12.6. The van der Waals surface area contributed by atoms with Gasteiger partial charge in [0.1, 0.15) is 0 Å². The Labute approximate surface area is 121 Å². The summed E-state index contributed by atoms with van der Waals surface area (Å²) in [6.45, 7) is 5.85. The molecule has 2 N–H and O–H groups in total. The summed E-state index contributed by atoms with van der Waals surface area (Å²) < 4.78 is 0. The molecule has 1 fully saturated rings. The van der Waals surface area contributed by atoms with E-state index in [0.29, 0.717) is 0 Å². The third-order valence-electron chi connectivity index (χ3n) is 4.35. The van der Waals surface area contributed by atoms with Crippen molar-refractivity contribution in [1.29, 1.82) is 0 Å². The number of nitrogens with zero attached hydrogens (tertiary/aromatic N) is 1. The van der Waals surface area contributed by atoms with Gasteiger partial charge in [0, 0.05) is 11.1 Å². The molecule has 2 rings (SSSR count). The van der Waals surface area contributed by atoms with Gasteiger partial charge in [0.05, 0.1) is 0 Å². The highest BCUT2D eigenvalue weighted by molar-refractivity contribution is 6.31. The normalized spacial score (nSPS) is 19.5. The lowest BCUT2D eigenvalue weighted by Gasteiger charge is -2.32. The van der Waals surface area contributed by atoms with E-state index in [1.165, 1.54) is 32.4 Å². The molecule has 0 saturated carbocycles. The van der Waals surface area contributed by atoms with Crippen LogP contribution in [0.4, 0.5) is 0 Å². The molecule has 1 heterocycles. The summed E-state index contributed by atoms with van der Waals surface area (Å²) >= 11 is 6.18. The van der Waals surface area contributed by atoms with E-state index in [1.54, 1.807) is 0 Å². The van der Waals surface area contributed by atoms with Crippen LogP contribution < -0.4 is 5.73 Å². The molecule has 2 nitrogen and oxygen atoms in total. The van der Waals surface area contributed by atoms with Gasteiger partial charge < -0.3 is 10.6 Å². The summed E-state index contributed by atoms with van der Waals surface area (Å²) in [4.78, 5) is 2.54. The van der Waals surface area contributed by atoms with E-state index < -0.39 is 0 Å². The molecule has 0 amide bonds. The number of halogens is 1. The van der Waals surface area contributed by atoms with Crippen molar-refractivity contribution in [1.82, 2.24) is 4.90 Å². The number of hydrogen-bond acceptors (Lipinski definition) is 2. The van der Waals surface area contributed by atoms with E-state index >= 15 is 0 Å². The number of piperidine rings is 1. The maximum Gasteiger partial charge on any atom is 0.0453 e. The monoisotopic (exact) mass is 280 g/mol. The Hall–Kier alpha value is -0.570. The van der Waals surface area contributed by atoms with Gasteiger partial charge in [-0.05, 0) is 56.4 Å². The number of hydrogen-bond donors (Lipinski definition) is 1. The number of likely N-dealkylation sites (tertiary alicyclic amines) is 1. The van der Waals surface area contributed by atoms with Gasteiger partial charge in [-0.2, -0.15) is 0 Å². The average molecular weight is 281 g/mol. The summed E-state index contributed by atoms with van der Waals surface area (Å²) in [5, 5.41) is 0.791. The van der Waals surface area contributed by atoms with Gasteiger partial charge in [-0.1, -0.05) is 43.1 Å². The van der Waals surface area contributed by atoms with Crippen molar-refractivity contribution in [2.75, 3.05) is 19.6 Å². The van der Waals surface area contributed by atoms with Gasteiger partial charge in [0.25, 0.3) is 0 Å². The van der Waals surface area contributed by atoms with Crippen LogP contribution in [0.1, 0.15) is 44.2 Å². The van der Waals surface area contributed by atoms with E-state index in [2.05, 4.69) is 11.8 Å². The molecule has 19 heavy (non-hydrogen) atoms. The largest absolute Gasteiger partial charge is 0.324 e. The molecular weight excluding hydrogens is 256 g/mol. The minimum absolute atomic E-state index is 0.0533. The van der Waals surface area contributed by atoms with E-state index in [1.807, 2.05) is 24.3 Å². The summed E-state index contributed by atoms with van der Waals surface area (Å²) in [5.74, 6) is 0.938. The average Bonchev–Trinajstić information content (AvgIpc) is 2.46. The van der Waals surface area contributed by atoms with Crippen LogP contribution in [0.15, 0.2) is 24.3 Å². The van der Waals surface area contributed by atoms with Crippen LogP contribution in [0.5, 0.6) is 0 Å². The van der Waals surface area contributed by atoms with Crippen molar-refractivity contribution in [2.24, 2.45) is 11.7 Å². The molecule has 0 radical (unpaired) electrons. The first kappa shape index (κ1) is 14.8. The molecule has 0 aromatic heterocycles. The molecule has 106 valence electrons. The van der Waals surface area contributed by atoms with Gasteiger partial charge in [-0.3, -0.25) is 0 Å².